The van der Waals surface area contributed by atoms with Crippen LogP contribution in [-0.4, -0.2) is 50.2 Å². The van der Waals surface area contributed by atoms with Crippen molar-refractivity contribution >= 4 is 16.0 Å². The molecule has 1 aliphatic rings. The first-order valence-electron chi connectivity index (χ1n) is 5.22. The molecule has 1 aliphatic heterocycles. The van der Waals surface area contributed by atoms with Gasteiger partial charge in [0.1, 0.15) is 0 Å². The van der Waals surface area contributed by atoms with Gasteiger partial charge in [-0.15, -0.1) is 0 Å². The summed E-state index contributed by atoms with van der Waals surface area (Å²) in [4.78, 5) is 11.2. The number of ether oxygens (including phenoxy) is 1. The second kappa shape index (κ2) is 5.11. The summed E-state index contributed by atoms with van der Waals surface area (Å²) in [6.07, 6.45) is 1.55. The number of hydrogen-bond acceptors (Lipinski definition) is 5. The zero-order valence-corrected chi connectivity index (χ0v) is 10.4. The van der Waals surface area contributed by atoms with Crippen molar-refractivity contribution in [2.75, 3.05) is 20.2 Å². The van der Waals surface area contributed by atoms with Crippen molar-refractivity contribution in [3.05, 3.63) is 0 Å². The minimum Gasteiger partial charge on any atom is -0.468 e. The second-order valence-corrected chi connectivity index (χ2v) is 6.22. The third-order valence-electron chi connectivity index (χ3n) is 2.76. The fourth-order valence-electron chi connectivity index (χ4n) is 1.72. The van der Waals surface area contributed by atoms with Crippen LogP contribution >= 0.6 is 0 Å². The standard InChI is InChI=1S/C9H18N2O4S/c1-7(9(12)15-2)16(13,14)11-5-3-4-8(10)6-11/h7-8H,3-6,10H2,1-2H3. The molecular formula is C9H18N2O4S. The van der Waals surface area contributed by atoms with Crippen molar-refractivity contribution in [3.8, 4) is 0 Å². The number of carbonyl (C=O) groups excluding carboxylic acids is 1. The summed E-state index contributed by atoms with van der Waals surface area (Å²) in [5.41, 5.74) is 5.71. The van der Waals surface area contributed by atoms with Gasteiger partial charge in [0, 0.05) is 19.1 Å². The fraction of sp³-hybridized carbons (Fsp3) is 0.889. The highest BCUT2D eigenvalue weighted by Crippen LogP contribution is 2.16. The molecule has 0 bridgehead atoms. The second-order valence-electron chi connectivity index (χ2n) is 3.97. The van der Waals surface area contributed by atoms with Gasteiger partial charge in [-0.25, -0.2) is 8.42 Å². The van der Waals surface area contributed by atoms with Crippen molar-refractivity contribution in [2.45, 2.75) is 31.1 Å². The summed E-state index contributed by atoms with van der Waals surface area (Å²) in [6.45, 7) is 2.04. The fourth-order valence-corrected chi connectivity index (χ4v) is 3.29. The van der Waals surface area contributed by atoms with Crippen molar-refractivity contribution < 1.29 is 17.9 Å². The molecule has 0 aliphatic carbocycles. The molecule has 0 aromatic carbocycles. The van der Waals surface area contributed by atoms with Gasteiger partial charge in [0.05, 0.1) is 7.11 Å². The summed E-state index contributed by atoms with van der Waals surface area (Å²) in [6, 6.07) is -0.145. The van der Waals surface area contributed by atoms with Gasteiger partial charge in [0.2, 0.25) is 10.0 Å². The van der Waals surface area contributed by atoms with Gasteiger partial charge in [-0.2, -0.15) is 4.31 Å². The van der Waals surface area contributed by atoms with Gasteiger partial charge in [0.15, 0.2) is 5.25 Å². The number of hydrogen-bond donors (Lipinski definition) is 1. The quantitative estimate of drug-likeness (QED) is 0.669. The zero-order valence-electron chi connectivity index (χ0n) is 9.55. The van der Waals surface area contributed by atoms with Crippen LogP contribution in [0.1, 0.15) is 19.8 Å². The molecule has 1 rings (SSSR count). The molecule has 2 N–H and O–H groups in total. The van der Waals surface area contributed by atoms with E-state index in [9.17, 15) is 13.2 Å². The summed E-state index contributed by atoms with van der Waals surface area (Å²) < 4.78 is 29.7. The van der Waals surface area contributed by atoms with E-state index in [1.54, 1.807) is 0 Å². The number of sulfonamides is 1. The number of methoxy groups -OCH3 is 1. The first kappa shape index (κ1) is 13.4. The van der Waals surface area contributed by atoms with E-state index in [1.807, 2.05) is 0 Å². The highest BCUT2D eigenvalue weighted by Gasteiger charge is 2.36. The zero-order chi connectivity index (χ0) is 12.3. The Hall–Kier alpha value is -0.660. The Kier molecular flexibility index (Phi) is 4.28. The molecular weight excluding hydrogens is 232 g/mol. The number of piperidine rings is 1. The molecule has 0 aromatic heterocycles. The first-order chi connectivity index (χ1) is 7.39. The Morgan fingerprint density at radius 2 is 2.19 bits per heavy atom. The summed E-state index contributed by atoms with van der Waals surface area (Å²) in [5, 5.41) is -1.16. The molecule has 1 saturated heterocycles. The van der Waals surface area contributed by atoms with Gasteiger partial charge < -0.3 is 10.5 Å². The van der Waals surface area contributed by atoms with Gasteiger partial charge in [-0.3, -0.25) is 4.79 Å². The molecule has 6 nitrogen and oxygen atoms in total. The Bertz CT molecular complexity index is 355. The number of rotatable bonds is 3. The Balaban J connectivity index is 2.80. The number of esters is 1. The molecule has 1 fully saturated rings. The molecule has 16 heavy (non-hydrogen) atoms. The van der Waals surface area contributed by atoms with Crippen molar-refractivity contribution in [2.24, 2.45) is 5.73 Å². The van der Waals surface area contributed by atoms with E-state index in [4.69, 9.17) is 5.73 Å². The van der Waals surface area contributed by atoms with Gasteiger partial charge in [-0.1, -0.05) is 0 Å². The van der Waals surface area contributed by atoms with Crippen LogP contribution in [0.4, 0.5) is 0 Å². The Labute approximate surface area is 95.8 Å². The van der Waals surface area contributed by atoms with Gasteiger partial charge >= 0.3 is 5.97 Å². The first-order valence-corrected chi connectivity index (χ1v) is 6.72. The average Bonchev–Trinajstić information content (AvgIpc) is 2.27. The molecule has 2 unspecified atom stereocenters. The highest BCUT2D eigenvalue weighted by molar-refractivity contribution is 7.90. The van der Waals surface area contributed by atoms with E-state index >= 15 is 0 Å². The van der Waals surface area contributed by atoms with E-state index in [0.29, 0.717) is 6.54 Å². The normalized spacial score (nSPS) is 25.1. The van der Waals surface area contributed by atoms with Crippen molar-refractivity contribution in [1.29, 1.82) is 0 Å². The number of nitrogens with two attached hydrogens (primary N) is 1. The van der Waals surface area contributed by atoms with E-state index in [2.05, 4.69) is 4.74 Å². The minimum absolute atomic E-state index is 0.145. The van der Waals surface area contributed by atoms with Crippen molar-refractivity contribution in [1.82, 2.24) is 4.31 Å². The molecule has 0 saturated carbocycles. The largest absolute Gasteiger partial charge is 0.468 e. The van der Waals surface area contributed by atoms with Gasteiger partial charge in [-0.05, 0) is 19.8 Å². The Morgan fingerprint density at radius 3 is 2.69 bits per heavy atom. The summed E-state index contributed by atoms with van der Waals surface area (Å²) in [7, 11) is -2.45. The molecule has 0 spiro atoms. The average molecular weight is 250 g/mol. The lowest BCUT2D eigenvalue weighted by molar-refractivity contribution is -0.139. The van der Waals surface area contributed by atoms with Crippen molar-refractivity contribution in [3.63, 3.8) is 0 Å². The lowest BCUT2D eigenvalue weighted by Crippen LogP contribution is -2.49. The highest BCUT2D eigenvalue weighted by atomic mass is 32.2. The smallest absolute Gasteiger partial charge is 0.325 e. The Morgan fingerprint density at radius 1 is 1.56 bits per heavy atom. The number of nitrogens with zero attached hydrogens (tertiary/aromatic N) is 1. The van der Waals surface area contributed by atoms with Crippen LogP contribution in [0.5, 0.6) is 0 Å². The molecule has 0 aromatic rings. The van der Waals surface area contributed by atoms with E-state index in [-0.39, 0.29) is 12.6 Å². The van der Waals surface area contributed by atoms with E-state index in [1.165, 1.54) is 18.3 Å². The van der Waals surface area contributed by atoms with Crippen LogP contribution in [0.2, 0.25) is 0 Å². The molecule has 0 radical (unpaired) electrons. The van der Waals surface area contributed by atoms with E-state index < -0.39 is 21.2 Å². The lowest BCUT2D eigenvalue weighted by atomic mass is 10.1. The van der Waals surface area contributed by atoms with Crippen LogP contribution in [0.15, 0.2) is 0 Å². The number of carbonyl (C=O) groups is 1. The summed E-state index contributed by atoms with van der Waals surface area (Å²) in [5.74, 6) is -0.737. The summed E-state index contributed by atoms with van der Waals surface area (Å²) >= 11 is 0. The minimum atomic E-state index is -3.63. The monoisotopic (exact) mass is 250 g/mol. The maximum absolute atomic E-state index is 12.0. The third-order valence-corrected chi connectivity index (χ3v) is 4.90. The maximum Gasteiger partial charge on any atom is 0.325 e. The molecule has 94 valence electrons. The van der Waals surface area contributed by atoms with Crippen LogP contribution in [0.3, 0.4) is 0 Å². The van der Waals surface area contributed by atoms with Crippen LogP contribution in [-0.2, 0) is 19.6 Å². The predicted molar refractivity (Wildman–Crippen MR) is 59.2 cm³/mol. The molecule has 7 heteroatoms. The maximum atomic E-state index is 12.0. The SMILES string of the molecule is COC(=O)C(C)S(=O)(=O)N1CCCC(N)C1. The lowest BCUT2D eigenvalue weighted by Gasteiger charge is -2.31. The predicted octanol–water partition coefficient (Wildman–Crippen LogP) is -0.699. The molecule has 1 heterocycles. The molecule has 0 amide bonds. The van der Waals surface area contributed by atoms with Crippen LogP contribution in [0, 0.1) is 0 Å². The van der Waals surface area contributed by atoms with Crippen LogP contribution < -0.4 is 5.73 Å². The van der Waals surface area contributed by atoms with Gasteiger partial charge in [0.25, 0.3) is 0 Å². The molecule has 2 atom stereocenters. The topological polar surface area (TPSA) is 89.7 Å². The third kappa shape index (κ3) is 2.72. The van der Waals surface area contributed by atoms with E-state index in [0.717, 1.165) is 12.8 Å². The van der Waals surface area contributed by atoms with Crippen LogP contribution in [0.25, 0.3) is 0 Å².